The first-order valence-corrected chi connectivity index (χ1v) is 10.6. The highest BCUT2D eigenvalue weighted by Gasteiger charge is 2.17. The summed E-state index contributed by atoms with van der Waals surface area (Å²) in [5, 5.41) is 22.7. The lowest BCUT2D eigenvalue weighted by Crippen LogP contribution is -2.14. The van der Waals surface area contributed by atoms with E-state index in [9.17, 15) is 14.9 Å². The standard InChI is InChI=1S/C18H15BrClN5O3S/c1-2-24-17(12-5-3-4-6-13(12)19)22-23-18(24)29-10-16(26)21-11-7-8-14(20)15(9-11)25(27)28/h3-9H,2,10H2,1H3,(H,21,26). The maximum atomic E-state index is 12.3. The number of aromatic nitrogens is 3. The Morgan fingerprint density at radius 2 is 2.07 bits per heavy atom. The van der Waals surface area contributed by atoms with E-state index in [0.717, 1.165) is 10.0 Å². The Morgan fingerprint density at radius 1 is 1.31 bits per heavy atom. The molecule has 0 radical (unpaired) electrons. The predicted molar refractivity (Wildman–Crippen MR) is 116 cm³/mol. The highest BCUT2D eigenvalue weighted by molar-refractivity contribution is 9.10. The molecule has 2 aromatic carbocycles. The van der Waals surface area contributed by atoms with Crippen molar-refractivity contribution < 1.29 is 9.72 Å². The molecular formula is C18H15BrClN5O3S. The van der Waals surface area contributed by atoms with Crippen LogP contribution in [-0.4, -0.2) is 31.3 Å². The summed E-state index contributed by atoms with van der Waals surface area (Å²) < 4.78 is 2.83. The lowest BCUT2D eigenvalue weighted by molar-refractivity contribution is -0.384. The summed E-state index contributed by atoms with van der Waals surface area (Å²) in [6.07, 6.45) is 0. The number of carbonyl (C=O) groups excluding carboxylic acids is 1. The highest BCUT2D eigenvalue weighted by atomic mass is 79.9. The molecule has 0 spiro atoms. The van der Waals surface area contributed by atoms with Crippen molar-refractivity contribution in [1.29, 1.82) is 0 Å². The predicted octanol–water partition coefficient (Wildman–Crippen LogP) is 5.02. The molecule has 3 aromatic rings. The summed E-state index contributed by atoms with van der Waals surface area (Å²) in [6.45, 7) is 2.61. The Bertz CT molecular complexity index is 1080. The van der Waals surface area contributed by atoms with Crippen LogP contribution in [-0.2, 0) is 11.3 Å². The number of rotatable bonds is 7. The van der Waals surface area contributed by atoms with Crippen molar-refractivity contribution in [2.24, 2.45) is 0 Å². The maximum absolute atomic E-state index is 12.3. The number of benzene rings is 2. The Hall–Kier alpha value is -2.43. The lowest BCUT2D eigenvalue weighted by atomic mass is 10.2. The van der Waals surface area contributed by atoms with E-state index in [-0.39, 0.29) is 22.4 Å². The van der Waals surface area contributed by atoms with Gasteiger partial charge in [0.2, 0.25) is 5.91 Å². The van der Waals surface area contributed by atoms with Crippen molar-refractivity contribution in [3.05, 3.63) is 62.1 Å². The van der Waals surface area contributed by atoms with Crippen LogP contribution in [0.25, 0.3) is 11.4 Å². The van der Waals surface area contributed by atoms with E-state index in [1.165, 1.54) is 30.0 Å². The van der Waals surface area contributed by atoms with Gasteiger partial charge in [-0.25, -0.2) is 0 Å². The molecule has 0 saturated carbocycles. The van der Waals surface area contributed by atoms with Crippen LogP contribution in [0, 0.1) is 10.1 Å². The Balaban J connectivity index is 1.70. The van der Waals surface area contributed by atoms with Gasteiger partial charge in [-0.1, -0.05) is 57.5 Å². The average Bonchev–Trinajstić information content (AvgIpc) is 3.10. The summed E-state index contributed by atoms with van der Waals surface area (Å²) in [6, 6.07) is 11.8. The fourth-order valence-electron chi connectivity index (χ4n) is 2.58. The van der Waals surface area contributed by atoms with Crippen LogP contribution in [0.1, 0.15) is 6.92 Å². The third kappa shape index (κ3) is 4.95. The van der Waals surface area contributed by atoms with E-state index in [1.54, 1.807) is 0 Å². The van der Waals surface area contributed by atoms with Gasteiger partial charge < -0.3 is 9.88 Å². The zero-order valence-corrected chi connectivity index (χ0v) is 18.3. The zero-order valence-electron chi connectivity index (χ0n) is 15.1. The van der Waals surface area contributed by atoms with Gasteiger partial charge in [0.1, 0.15) is 5.02 Å². The molecule has 29 heavy (non-hydrogen) atoms. The number of nitrogens with one attached hydrogen (secondary N) is 1. The molecule has 0 aliphatic rings. The van der Waals surface area contributed by atoms with Gasteiger partial charge in [0.05, 0.1) is 10.7 Å². The van der Waals surface area contributed by atoms with Crippen LogP contribution in [0.15, 0.2) is 52.1 Å². The summed E-state index contributed by atoms with van der Waals surface area (Å²) >= 11 is 10.5. The normalized spacial score (nSPS) is 10.7. The first-order valence-electron chi connectivity index (χ1n) is 8.45. The topological polar surface area (TPSA) is 103 Å². The van der Waals surface area contributed by atoms with Gasteiger partial charge in [-0.2, -0.15) is 0 Å². The number of nitro benzene ring substituents is 1. The molecule has 1 amide bonds. The van der Waals surface area contributed by atoms with Crippen LogP contribution >= 0.6 is 39.3 Å². The number of anilines is 1. The molecule has 11 heteroatoms. The SMILES string of the molecule is CCn1c(SCC(=O)Nc2ccc(Cl)c([N+](=O)[O-])c2)nnc1-c1ccccc1Br. The number of carbonyl (C=O) groups is 1. The molecule has 1 heterocycles. The van der Waals surface area contributed by atoms with Gasteiger partial charge in [0.25, 0.3) is 5.69 Å². The molecule has 0 fully saturated rings. The monoisotopic (exact) mass is 495 g/mol. The molecule has 0 saturated heterocycles. The molecule has 0 aliphatic carbocycles. The van der Waals surface area contributed by atoms with Gasteiger partial charge in [0.15, 0.2) is 11.0 Å². The summed E-state index contributed by atoms with van der Waals surface area (Å²) in [4.78, 5) is 22.7. The summed E-state index contributed by atoms with van der Waals surface area (Å²) in [7, 11) is 0. The fourth-order valence-corrected chi connectivity index (χ4v) is 4.03. The molecule has 3 rings (SSSR count). The van der Waals surface area contributed by atoms with Crippen LogP contribution in [0.4, 0.5) is 11.4 Å². The molecule has 0 atom stereocenters. The zero-order chi connectivity index (χ0) is 21.0. The lowest BCUT2D eigenvalue weighted by Gasteiger charge is -2.09. The van der Waals surface area contributed by atoms with E-state index in [1.807, 2.05) is 35.8 Å². The number of nitrogens with zero attached hydrogens (tertiary/aromatic N) is 4. The van der Waals surface area contributed by atoms with Crippen molar-refractivity contribution >= 4 is 56.6 Å². The second kappa shape index (κ2) is 9.38. The maximum Gasteiger partial charge on any atom is 0.289 e. The molecule has 1 aromatic heterocycles. The van der Waals surface area contributed by atoms with E-state index >= 15 is 0 Å². The minimum absolute atomic E-state index is 0.0121. The van der Waals surface area contributed by atoms with Gasteiger partial charge in [-0.15, -0.1) is 10.2 Å². The number of hydrogen-bond acceptors (Lipinski definition) is 6. The summed E-state index contributed by atoms with van der Waals surface area (Å²) in [5.41, 5.74) is 0.949. The van der Waals surface area contributed by atoms with Crippen molar-refractivity contribution in [2.75, 3.05) is 11.1 Å². The Kier molecular flexibility index (Phi) is 6.88. The van der Waals surface area contributed by atoms with E-state index in [2.05, 4.69) is 31.4 Å². The number of thioether (sulfide) groups is 1. The molecule has 1 N–H and O–H groups in total. The van der Waals surface area contributed by atoms with E-state index in [4.69, 9.17) is 11.6 Å². The number of nitro groups is 1. The minimum atomic E-state index is -0.598. The molecule has 8 nitrogen and oxygen atoms in total. The fraction of sp³-hybridized carbons (Fsp3) is 0.167. The first kappa shape index (κ1) is 21.3. The average molecular weight is 497 g/mol. The Labute approximate surface area is 183 Å². The van der Waals surface area contributed by atoms with Gasteiger partial charge in [-0.3, -0.25) is 14.9 Å². The molecule has 0 aliphatic heterocycles. The quantitative estimate of drug-likeness (QED) is 0.280. The molecular weight excluding hydrogens is 482 g/mol. The van der Waals surface area contributed by atoms with Crippen LogP contribution in [0.2, 0.25) is 5.02 Å². The van der Waals surface area contributed by atoms with Gasteiger partial charge in [-0.05, 0) is 25.1 Å². The van der Waals surface area contributed by atoms with Gasteiger partial charge >= 0.3 is 0 Å². The van der Waals surface area contributed by atoms with Crippen molar-refractivity contribution in [2.45, 2.75) is 18.6 Å². The third-order valence-corrected chi connectivity index (χ3v) is 5.88. The van der Waals surface area contributed by atoms with E-state index < -0.39 is 4.92 Å². The molecule has 0 unspecified atom stereocenters. The van der Waals surface area contributed by atoms with Crippen molar-refractivity contribution in [3.63, 3.8) is 0 Å². The van der Waals surface area contributed by atoms with Crippen molar-refractivity contribution in [1.82, 2.24) is 14.8 Å². The smallest absolute Gasteiger partial charge is 0.289 e. The Morgan fingerprint density at radius 3 is 2.76 bits per heavy atom. The van der Waals surface area contributed by atoms with Crippen LogP contribution in [0.5, 0.6) is 0 Å². The number of amides is 1. The van der Waals surface area contributed by atoms with Gasteiger partial charge in [0, 0.05) is 28.3 Å². The number of hydrogen-bond donors (Lipinski definition) is 1. The van der Waals surface area contributed by atoms with E-state index in [0.29, 0.717) is 23.2 Å². The minimum Gasteiger partial charge on any atom is -0.325 e. The van der Waals surface area contributed by atoms with Crippen molar-refractivity contribution in [3.8, 4) is 11.4 Å². The first-order chi connectivity index (χ1) is 13.9. The van der Waals surface area contributed by atoms with Crippen LogP contribution < -0.4 is 5.32 Å². The van der Waals surface area contributed by atoms with Crippen LogP contribution in [0.3, 0.4) is 0 Å². The highest BCUT2D eigenvalue weighted by Crippen LogP contribution is 2.30. The second-order valence-electron chi connectivity index (χ2n) is 5.79. The second-order valence-corrected chi connectivity index (χ2v) is 7.99. The summed E-state index contributed by atoms with van der Waals surface area (Å²) in [5.74, 6) is 0.459. The molecule has 150 valence electrons. The largest absolute Gasteiger partial charge is 0.325 e. The third-order valence-electron chi connectivity index (χ3n) is 3.91. The molecule has 0 bridgehead atoms. The number of halogens is 2.